The molecule has 2 heterocycles. The molecule has 88 valence electrons. The average Bonchev–Trinajstić information content (AvgIpc) is 2.78. The number of ether oxygens (including phenoxy) is 2. The van der Waals surface area contributed by atoms with E-state index in [4.69, 9.17) is 4.74 Å². The summed E-state index contributed by atoms with van der Waals surface area (Å²) >= 11 is 1.34. The minimum atomic E-state index is -0.301. The Morgan fingerprint density at radius 1 is 1.44 bits per heavy atom. The molecule has 0 aromatic carbocycles. The second-order valence-corrected chi connectivity index (χ2v) is 4.72. The molecule has 0 radical (unpaired) electrons. The van der Waals surface area contributed by atoms with E-state index in [0.717, 1.165) is 31.0 Å². The van der Waals surface area contributed by atoms with Crippen LogP contribution in [-0.2, 0) is 4.74 Å². The molecule has 0 aliphatic carbocycles. The topological polar surface area (TPSA) is 47.6 Å². The lowest BCUT2D eigenvalue weighted by molar-refractivity contribution is 0.0606. The van der Waals surface area contributed by atoms with Gasteiger partial charge in [-0.2, -0.15) is 0 Å². The fraction of sp³-hybridized carbons (Fsp3) is 0.545. The van der Waals surface area contributed by atoms with Crippen molar-refractivity contribution in [3.63, 3.8) is 0 Å². The van der Waals surface area contributed by atoms with Crippen molar-refractivity contribution in [2.24, 2.45) is 0 Å². The van der Waals surface area contributed by atoms with Crippen molar-refractivity contribution in [1.82, 2.24) is 5.32 Å². The lowest BCUT2D eigenvalue weighted by atomic mass is 10.1. The molecule has 4 nitrogen and oxygen atoms in total. The van der Waals surface area contributed by atoms with Crippen LogP contribution < -0.4 is 10.1 Å². The van der Waals surface area contributed by atoms with Gasteiger partial charge in [0.1, 0.15) is 11.0 Å². The maximum Gasteiger partial charge on any atom is 0.348 e. The Morgan fingerprint density at radius 2 is 2.19 bits per heavy atom. The van der Waals surface area contributed by atoms with Crippen LogP contribution in [0.15, 0.2) is 12.1 Å². The largest absolute Gasteiger partial charge is 0.481 e. The molecule has 1 aromatic heterocycles. The number of hydrogen-bond donors (Lipinski definition) is 1. The molecule has 5 heteroatoms. The molecule has 0 bridgehead atoms. The first-order valence-corrected chi connectivity index (χ1v) is 6.17. The van der Waals surface area contributed by atoms with Crippen LogP contribution in [0.5, 0.6) is 5.06 Å². The predicted molar refractivity (Wildman–Crippen MR) is 62.2 cm³/mol. The van der Waals surface area contributed by atoms with Gasteiger partial charge in [-0.05, 0) is 38.1 Å². The van der Waals surface area contributed by atoms with E-state index in [-0.39, 0.29) is 12.1 Å². The minimum absolute atomic E-state index is 0.269. The third-order valence-electron chi connectivity index (χ3n) is 2.54. The maximum absolute atomic E-state index is 11.2. The van der Waals surface area contributed by atoms with Gasteiger partial charge in [0.15, 0.2) is 5.06 Å². The molecular weight excluding hydrogens is 226 g/mol. The summed E-state index contributed by atoms with van der Waals surface area (Å²) in [5.74, 6) is -0.301. The highest BCUT2D eigenvalue weighted by Crippen LogP contribution is 2.27. The summed E-state index contributed by atoms with van der Waals surface area (Å²) in [5.41, 5.74) is 0. The zero-order chi connectivity index (χ0) is 11.4. The van der Waals surface area contributed by atoms with E-state index < -0.39 is 0 Å². The highest BCUT2D eigenvalue weighted by molar-refractivity contribution is 7.15. The lowest BCUT2D eigenvalue weighted by Gasteiger charge is -2.22. The number of carbonyl (C=O) groups is 1. The molecule has 1 saturated heterocycles. The number of rotatable bonds is 3. The van der Waals surface area contributed by atoms with Gasteiger partial charge in [0.05, 0.1) is 7.11 Å². The molecule has 1 aromatic rings. The minimum Gasteiger partial charge on any atom is -0.481 e. The summed E-state index contributed by atoms with van der Waals surface area (Å²) < 4.78 is 10.4. The first-order chi connectivity index (χ1) is 7.79. The Kier molecular flexibility index (Phi) is 3.79. The number of hydrogen-bond acceptors (Lipinski definition) is 5. The Balaban J connectivity index is 1.94. The fourth-order valence-corrected chi connectivity index (χ4v) is 2.51. The van der Waals surface area contributed by atoms with Gasteiger partial charge in [0.25, 0.3) is 0 Å². The quantitative estimate of drug-likeness (QED) is 0.818. The highest BCUT2D eigenvalue weighted by Gasteiger charge is 2.16. The van der Waals surface area contributed by atoms with Gasteiger partial charge in [-0.15, -0.1) is 0 Å². The molecule has 2 rings (SSSR count). The van der Waals surface area contributed by atoms with Crippen LogP contribution in [0.25, 0.3) is 0 Å². The van der Waals surface area contributed by atoms with E-state index in [9.17, 15) is 4.79 Å². The SMILES string of the molecule is COC(=O)c1ccc(OC2CCNCC2)s1. The molecule has 1 fully saturated rings. The van der Waals surface area contributed by atoms with Gasteiger partial charge in [0, 0.05) is 0 Å². The van der Waals surface area contributed by atoms with Crippen molar-refractivity contribution < 1.29 is 14.3 Å². The van der Waals surface area contributed by atoms with Crippen molar-refractivity contribution in [1.29, 1.82) is 0 Å². The third kappa shape index (κ3) is 2.74. The van der Waals surface area contributed by atoms with Crippen LogP contribution >= 0.6 is 11.3 Å². The molecule has 0 unspecified atom stereocenters. The van der Waals surface area contributed by atoms with Crippen LogP contribution in [0, 0.1) is 0 Å². The van der Waals surface area contributed by atoms with Gasteiger partial charge in [-0.3, -0.25) is 0 Å². The summed E-state index contributed by atoms with van der Waals surface area (Å²) in [7, 11) is 1.38. The first kappa shape index (κ1) is 11.4. The predicted octanol–water partition coefficient (Wildman–Crippen LogP) is 1.67. The van der Waals surface area contributed by atoms with Crippen molar-refractivity contribution in [3.05, 3.63) is 17.0 Å². The van der Waals surface area contributed by atoms with Crippen LogP contribution in [-0.4, -0.2) is 32.3 Å². The number of thiophene rings is 1. The van der Waals surface area contributed by atoms with Gasteiger partial charge >= 0.3 is 5.97 Å². The van der Waals surface area contributed by atoms with E-state index in [1.54, 1.807) is 6.07 Å². The number of piperidine rings is 1. The first-order valence-electron chi connectivity index (χ1n) is 5.35. The number of nitrogens with one attached hydrogen (secondary N) is 1. The highest BCUT2D eigenvalue weighted by atomic mass is 32.1. The molecule has 0 saturated carbocycles. The summed E-state index contributed by atoms with van der Waals surface area (Å²) in [4.78, 5) is 11.8. The Labute approximate surface area is 98.6 Å². The monoisotopic (exact) mass is 241 g/mol. The molecular formula is C11H15NO3S. The van der Waals surface area contributed by atoms with E-state index in [0.29, 0.717) is 4.88 Å². The van der Waals surface area contributed by atoms with E-state index >= 15 is 0 Å². The van der Waals surface area contributed by atoms with Crippen LogP contribution in [0.2, 0.25) is 0 Å². The fourth-order valence-electron chi connectivity index (χ4n) is 1.67. The number of carbonyl (C=O) groups excluding carboxylic acids is 1. The van der Waals surface area contributed by atoms with Crippen molar-refractivity contribution in [2.45, 2.75) is 18.9 Å². The van der Waals surface area contributed by atoms with Crippen LogP contribution in [0.4, 0.5) is 0 Å². The maximum atomic E-state index is 11.2. The van der Waals surface area contributed by atoms with E-state index in [1.165, 1.54) is 18.4 Å². The zero-order valence-corrected chi connectivity index (χ0v) is 10.0. The Bertz CT molecular complexity index is 358. The van der Waals surface area contributed by atoms with Gasteiger partial charge in [-0.25, -0.2) is 4.79 Å². The molecule has 0 amide bonds. The summed E-state index contributed by atoms with van der Waals surface area (Å²) in [6.07, 6.45) is 2.31. The second kappa shape index (κ2) is 5.32. The normalized spacial score (nSPS) is 17.1. The summed E-state index contributed by atoms with van der Waals surface area (Å²) in [6, 6.07) is 3.58. The third-order valence-corrected chi connectivity index (χ3v) is 3.49. The summed E-state index contributed by atoms with van der Waals surface area (Å²) in [5, 5.41) is 4.08. The van der Waals surface area contributed by atoms with Crippen molar-refractivity contribution >= 4 is 17.3 Å². The van der Waals surface area contributed by atoms with Gasteiger partial charge < -0.3 is 14.8 Å². The molecule has 1 N–H and O–H groups in total. The lowest BCUT2D eigenvalue weighted by Crippen LogP contribution is -2.33. The second-order valence-electron chi connectivity index (χ2n) is 3.68. The van der Waals surface area contributed by atoms with Crippen molar-refractivity contribution in [3.8, 4) is 5.06 Å². The molecule has 0 spiro atoms. The van der Waals surface area contributed by atoms with Crippen molar-refractivity contribution in [2.75, 3.05) is 20.2 Å². The molecule has 1 aliphatic heterocycles. The zero-order valence-electron chi connectivity index (χ0n) is 9.19. The standard InChI is InChI=1S/C11H15NO3S/c1-14-11(13)9-2-3-10(16-9)15-8-4-6-12-7-5-8/h2-3,8,12H,4-7H2,1H3. The molecule has 1 aliphatic rings. The van der Waals surface area contributed by atoms with Gasteiger partial charge in [-0.1, -0.05) is 11.3 Å². The van der Waals surface area contributed by atoms with Gasteiger partial charge in [0.2, 0.25) is 0 Å². The summed E-state index contributed by atoms with van der Waals surface area (Å²) in [6.45, 7) is 2.00. The average molecular weight is 241 g/mol. The Hall–Kier alpha value is -1.07. The Morgan fingerprint density at radius 3 is 2.88 bits per heavy atom. The van der Waals surface area contributed by atoms with E-state index in [1.807, 2.05) is 6.07 Å². The van der Waals surface area contributed by atoms with E-state index in [2.05, 4.69) is 10.1 Å². The molecule has 0 atom stereocenters. The smallest absolute Gasteiger partial charge is 0.348 e. The van der Waals surface area contributed by atoms with Crippen LogP contribution in [0.1, 0.15) is 22.5 Å². The molecule has 16 heavy (non-hydrogen) atoms. The number of esters is 1. The number of methoxy groups -OCH3 is 1. The van der Waals surface area contributed by atoms with Crippen LogP contribution in [0.3, 0.4) is 0 Å².